The average Bonchev–Trinajstić information content (AvgIpc) is 2.92. The van der Waals surface area contributed by atoms with Crippen LogP contribution in [0.25, 0.3) is 6.08 Å². The SMILES string of the molecule is O=C(C/C(=C\c1ccccc1)C(=O)N[C@H]1CCCC2CCC[C@@H](C(=O)O)N2C1=O)NO. The summed E-state index contributed by atoms with van der Waals surface area (Å²) in [5.74, 6) is -2.79. The van der Waals surface area contributed by atoms with Gasteiger partial charge in [0, 0.05) is 11.6 Å². The fourth-order valence-electron chi connectivity index (χ4n) is 4.34. The number of fused-ring (bicyclic) bond motifs is 1. The number of aliphatic carboxylic acids is 1. The fourth-order valence-corrected chi connectivity index (χ4v) is 4.34. The topological polar surface area (TPSA) is 136 Å². The number of hydroxylamine groups is 1. The highest BCUT2D eigenvalue weighted by Gasteiger charge is 2.42. The van der Waals surface area contributed by atoms with Crippen molar-refractivity contribution < 1.29 is 29.5 Å². The third-order valence-electron chi connectivity index (χ3n) is 5.83. The summed E-state index contributed by atoms with van der Waals surface area (Å²) < 4.78 is 0. The molecule has 0 bridgehead atoms. The summed E-state index contributed by atoms with van der Waals surface area (Å²) in [4.78, 5) is 51.0. The van der Waals surface area contributed by atoms with Gasteiger partial charge < -0.3 is 15.3 Å². The minimum absolute atomic E-state index is 0.0831. The highest BCUT2D eigenvalue weighted by molar-refractivity contribution is 6.04. The quantitative estimate of drug-likeness (QED) is 0.307. The molecule has 3 rings (SSSR count). The van der Waals surface area contributed by atoms with Gasteiger partial charge in [-0.2, -0.15) is 0 Å². The molecule has 0 radical (unpaired) electrons. The molecule has 1 aromatic carbocycles. The summed E-state index contributed by atoms with van der Waals surface area (Å²) in [5.41, 5.74) is 2.28. The van der Waals surface area contributed by atoms with E-state index in [0.717, 1.165) is 12.8 Å². The molecule has 31 heavy (non-hydrogen) atoms. The first-order valence-corrected chi connectivity index (χ1v) is 10.4. The van der Waals surface area contributed by atoms with Crippen molar-refractivity contribution in [3.05, 3.63) is 41.5 Å². The van der Waals surface area contributed by atoms with Crippen LogP contribution in [0, 0.1) is 0 Å². The first-order valence-electron chi connectivity index (χ1n) is 10.4. The zero-order valence-corrected chi connectivity index (χ0v) is 17.1. The summed E-state index contributed by atoms with van der Waals surface area (Å²) in [5, 5.41) is 21.1. The number of carboxylic acid groups (broad SMARTS) is 1. The largest absolute Gasteiger partial charge is 0.480 e. The molecule has 1 unspecified atom stereocenters. The molecular formula is C22H27N3O6. The number of hydrogen-bond donors (Lipinski definition) is 4. The van der Waals surface area contributed by atoms with Gasteiger partial charge in [-0.3, -0.25) is 19.6 Å². The van der Waals surface area contributed by atoms with E-state index in [9.17, 15) is 24.3 Å². The molecule has 0 saturated carbocycles. The van der Waals surface area contributed by atoms with E-state index in [1.165, 1.54) is 16.5 Å². The van der Waals surface area contributed by atoms with Crippen molar-refractivity contribution in [1.82, 2.24) is 15.7 Å². The lowest BCUT2D eigenvalue weighted by Gasteiger charge is -2.40. The van der Waals surface area contributed by atoms with Gasteiger partial charge in [-0.05, 0) is 50.2 Å². The van der Waals surface area contributed by atoms with Crippen LogP contribution in [0.5, 0.6) is 0 Å². The molecule has 166 valence electrons. The minimum Gasteiger partial charge on any atom is -0.480 e. The molecule has 2 fully saturated rings. The fraction of sp³-hybridized carbons (Fsp3) is 0.455. The lowest BCUT2D eigenvalue weighted by molar-refractivity contribution is -0.155. The number of nitrogens with one attached hydrogen (secondary N) is 2. The van der Waals surface area contributed by atoms with Gasteiger partial charge in [-0.25, -0.2) is 10.3 Å². The molecule has 2 saturated heterocycles. The molecule has 2 aliphatic heterocycles. The van der Waals surface area contributed by atoms with E-state index in [4.69, 9.17) is 5.21 Å². The highest BCUT2D eigenvalue weighted by atomic mass is 16.5. The van der Waals surface area contributed by atoms with Crippen LogP contribution in [0.3, 0.4) is 0 Å². The Balaban J connectivity index is 1.81. The van der Waals surface area contributed by atoms with Gasteiger partial charge in [-0.15, -0.1) is 0 Å². The van der Waals surface area contributed by atoms with E-state index in [0.29, 0.717) is 31.2 Å². The lowest BCUT2D eigenvalue weighted by atomic mass is 9.93. The van der Waals surface area contributed by atoms with Gasteiger partial charge >= 0.3 is 5.97 Å². The van der Waals surface area contributed by atoms with Crippen molar-refractivity contribution in [3.8, 4) is 0 Å². The monoisotopic (exact) mass is 429 g/mol. The third kappa shape index (κ3) is 5.49. The van der Waals surface area contributed by atoms with E-state index in [2.05, 4.69) is 5.32 Å². The number of carboxylic acids is 1. The normalized spacial score (nSPS) is 24.0. The maximum absolute atomic E-state index is 13.2. The van der Waals surface area contributed by atoms with Crippen molar-refractivity contribution in [2.24, 2.45) is 0 Å². The Morgan fingerprint density at radius 2 is 1.74 bits per heavy atom. The second kappa shape index (κ2) is 10.2. The van der Waals surface area contributed by atoms with Gasteiger partial charge in [-0.1, -0.05) is 30.3 Å². The van der Waals surface area contributed by atoms with E-state index in [-0.39, 0.29) is 18.0 Å². The predicted octanol–water partition coefficient (Wildman–Crippen LogP) is 1.47. The summed E-state index contributed by atoms with van der Waals surface area (Å²) in [6.07, 6.45) is 4.83. The van der Waals surface area contributed by atoms with Crippen LogP contribution >= 0.6 is 0 Å². The minimum atomic E-state index is -1.03. The smallest absolute Gasteiger partial charge is 0.326 e. The zero-order chi connectivity index (χ0) is 22.4. The average molecular weight is 429 g/mol. The molecule has 9 nitrogen and oxygen atoms in total. The van der Waals surface area contributed by atoms with Gasteiger partial charge in [0.2, 0.25) is 17.7 Å². The molecular weight excluding hydrogens is 402 g/mol. The van der Waals surface area contributed by atoms with Crippen LogP contribution in [-0.2, 0) is 19.2 Å². The Kier molecular flexibility index (Phi) is 7.41. The molecule has 1 aromatic rings. The van der Waals surface area contributed by atoms with Gasteiger partial charge in [0.1, 0.15) is 12.1 Å². The first-order chi connectivity index (χ1) is 14.9. The van der Waals surface area contributed by atoms with Gasteiger partial charge in [0.25, 0.3) is 0 Å². The Morgan fingerprint density at radius 1 is 1.06 bits per heavy atom. The van der Waals surface area contributed by atoms with Gasteiger partial charge in [0.05, 0.1) is 6.42 Å². The molecule has 9 heteroatoms. The van der Waals surface area contributed by atoms with Crippen LogP contribution in [-0.4, -0.2) is 57.0 Å². The first kappa shape index (κ1) is 22.5. The van der Waals surface area contributed by atoms with Crippen LogP contribution in [0.1, 0.15) is 50.5 Å². The second-order valence-corrected chi connectivity index (χ2v) is 7.93. The summed E-state index contributed by atoms with van der Waals surface area (Å²) >= 11 is 0. The molecule has 0 spiro atoms. The van der Waals surface area contributed by atoms with E-state index >= 15 is 0 Å². The molecule has 3 atom stereocenters. The van der Waals surface area contributed by atoms with Crippen molar-refractivity contribution in [3.63, 3.8) is 0 Å². The zero-order valence-electron chi connectivity index (χ0n) is 17.1. The number of benzene rings is 1. The Bertz CT molecular complexity index is 869. The van der Waals surface area contributed by atoms with Crippen LogP contribution in [0.15, 0.2) is 35.9 Å². The summed E-state index contributed by atoms with van der Waals surface area (Å²) in [7, 11) is 0. The van der Waals surface area contributed by atoms with Crippen molar-refractivity contribution >= 4 is 29.8 Å². The predicted molar refractivity (Wildman–Crippen MR) is 111 cm³/mol. The molecule has 4 N–H and O–H groups in total. The maximum Gasteiger partial charge on any atom is 0.326 e. The summed E-state index contributed by atoms with van der Waals surface area (Å²) in [6, 6.07) is 7.01. The van der Waals surface area contributed by atoms with Crippen molar-refractivity contribution in [2.45, 2.75) is 63.1 Å². The van der Waals surface area contributed by atoms with Crippen molar-refractivity contribution in [2.75, 3.05) is 0 Å². The number of amides is 3. The second-order valence-electron chi connectivity index (χ2n) is 7.93. The number of carbonyl (C=O) groups excluding carboxylic acids is 3. The van der Waals surface area contributed by atoms with E-state index in [1.807, 2.05) is 6.07 Å². The van der Waals surface area contributed by atoms with E-state index in [1.54, 1.807) is 24.3 Å². The van der Waals surface area contributed by atoms with Gasteiger partial charge in [0.15, 0.2) is 0 Å². The van der Waals surface area contributed by atoms with Crippen molar-refractivity contribution in [1.29, 1.82) is 0 Å². The Morgan fingerprint density at radius 3 is 2.39 bits per heavy atom. The number of nitrogens with zero attached hydrogens (tertiary/aromatic N) is 1. The van der Waals surface area contributed by atoms with E-state index < -0.39 is 35.8 Å². The Hall–Kier alpha value is -3.20. The standard InChI is InChI=1S/C22H27N3O6/c26-19(24-31)13-15(12-14-6-2-1-3-7-14)20(27)23-17-10-4-8-16-9-5-11-18(22(29)30)25(16)21(17)28/h1-3,6-7,12,16-18,31H,4-5,8-11,13H2,(H,23,27)(H,24,26)(H,29,30)/b15-12+/t16?,17-,18-/m0/s1. The van der Waals surface area contributed by atoms with Crippen LogP contribution in [0.4, 0.5) is 0 Å². The molecule has 3 amide bonds. The number of carbonyl (C=O) groups is 4. The van der Waals surface area contributed by atoms with Crippen LogP contribution in [0.2, 0.25) is 0 Å². The third-order valence-corrected chi connectivity index (χ3v) is 5.83. The lowest BCUT2D eigenvalue weighted by Crippen LogP contribution is -2.57. The number of rotatable bonds is 6. The van der Waals surface area contributed by atoms with Crippen LogP contribution < -0.4 is 10.8 Å². The molecule has 2 aliphatic rings. The molecule has 2 heterocycles. The summed E-state index contributed by atoms with van der Waals surface area (Å²) in [6.45, 7) is 0. The highest BCUT2D eigenvalue weighted by Crippen LogP contribution is 2.30. The molecule has 0 aromatic heterocycles. The number of piperidine rings is 1. The number of hydrogen-bond acceptors (Lipinski definition) is 5. The maximum atomic E-state index is 13.2. The Labute approximate surface area is 180 Å². The molecule has 0 aliphatic carbocycles.